The average molecular weight is 233 g/mol. The van der Waals surface area contributed by atoms with Gasteiger partial charge in [-0.15, -0.1) is 0 Å². The van der Waals surface area contributed by atoms with E-state index in [1.54, 1.807) is 32.4 Å². The zero-order chi connectivity index (χ0) is 11.1. The molecule has 0 aromatic heterocycles. The smallest absolute Gasteiger partial charge is 0.188 e. The molecule has 0 aliphatic heterocycles. The molecule has 1 aromatic carbocycles. The van der Waals surface area contributed by atoms with E-state index >= 15 is 0 Å². The van der Waals surface area contributed by atoms with Crippen LogP contribution in [0.4, 0.5) is 0 Å². The van der Waals surface area contributed by atoms with Gasteiger partial charge in [-0.2, -0.15) is 0 Å². The van der Waals surface area contributed by atoms with Gasteiger partial charge in [0.25, 0.3) is 0 Å². The number of hydrogen-bond donors (Lipinski definition) is 0. The summed E-state index contributed by atoms with van der Waals surface area (Å²) in [6.45, 7) is 0.354. The zero-order valence-corrected chi connectivity index (χ0v) is 9.41. The van der Waals surface area contributed by atoms with E-state index in [4.69, 9.17) is 30.5 Å². The molecule has 0 aliphatic rings. The molecule has 0 bridgehead atoms. The average Bonchev–Trinajstić information content (AvgIpc) is 2.25. The maximum atomic E-state index is 5.94. The number of halogens is 1. The molecule has 84 valence electrons. The first-order chi connectivity index (χ1) is 7.27. The van der Waals surface area contributed by atoms with Crippen molar-refractivity contribution in [2.24, 2.45) is 0 Å². The molecule has 0 unspecified atom stereocenters. The molecule has 1 aromatic rings. The van der Waals surface area contributed by atoms with Gasteiger partial charge in [-0.05, 0) is 12.1 Å². The largest absolute Gasteiger partial charge is 0.468 e. The summed E-state index contributed by atoms with van der Waals surface area (Å²) in [7, 11) is 3.10. The number of hydrogen-bond acceptors (Lipinski definition) is 4. The maximum absolute atomic E-state index is 5.94. The van der Waals surface area contributed by atoms with Crippen LogP contribution in [0, 0.1) is 0 Å². The lowest BCUT2D eigenvalue weighted by Crippen LogP contribution is -2.01. The Balaban J connectivity index is 2.61. The second-order valence-electron chi connectivity index (χ2n) is 2.69. The van der Waals surface area contributed by atoms with E-state index in [2.05, 4.69) is 0 Å². The molecule has 0 fully saturated rings. The monoisotopic (exact) mass is 232 g/mol. The van der Waals surface area contributed by atoms with Crippen LogP contribution < -0.4 is 9.47 Å². The molecule has 0 N–H and O–H groups in total. The van der Waals surface area contributed by atoms with Crippen molar-refractivity contribution in [2.75, 3.05) is 27.8 Å². The Hall–Kier alpha value is -0.970. The first kappa shape index (κ1) is 12.1. The minimum Gasteiger partial charge on any atom is -0.468 e. The van der Waals surface area contributed by atoms with Crippen LogP contribution in [0.3, 0.4) is 0 Å². The SMILES string of the molecule is COCOc1ccc(OCOC)c(Cl)c1. The number of rotatable bonds is 6. The normalized spacial score (nSPS) is 10.1. The third kappa shape index (κ3) is 3.95. The molecular formula is C10H13ClO4. The van der Waals surface area contributed by atoms with Gasteiger partial charge in [-0.25, -0.2) is 0 Å². The Morgan fingerprint density at radius 3 is 2.33 bits per heavy atom. The summed E-state index contributed by atoms with van der Waals surface area (Å²) < 4.78 is 19.9. The Morgan fingerprint density at radius 1 is 1.07 bits per heavy atom. The molecule has 1 rings (SSSR count). The highest BCUT2D eigenvalue weighted by atomic mass is 35.5. The third-order valence-corrected chi connectivity index (χ3v) is 1.87. The molecule has 0 atom stereocenters. The van der Waals surface area contributed by atoms with Crippen molar-refractivity contribution in [1.29, 1.82) is 0 Å². The fraction of sp³-hybridized carbons (Fsp3) is 0.400. The van der Waals surface area contributed by atoms with Gasteiger partial charge in [0, 0.05) is 20.3 Å². The molecule has 15 heavy (non-hydrogen) atoms. The number of methoxy groups -OCH3 is 2. The van der Waals surface area contributed by atoms with Gasteiger partial charge in [-0.1, -0.05) is 11.6 Å². The molecule has 0 aliphatic carbocycles. The fourth-order valence-electron chi connectivity index (χ4n) is 0.938. The molecule has 4 nitrogen and oxygen atoms in total. The van der Waals surface area contributed by atoms with Gasteiger partial charge < -0.3 is 18.9 Å². The Bertz CT molecular complexity index is 303. The second kappa shape index (κ2) is 6.50. The predicted molar refractivity (Wildman–Crippen MR) is 56.5 cm³/mol. The summed E-state index contributed by atoms with van der Waals surface area (Å²) in [6.07, 6.45) is 0. The molecule has 0 saturated carbocycles. The maximum Gasteiger partial charge on any atom is 0.188 e. The fourth-order valence-corrected chi connectivity index (χ4v) is 1.16. The van der Waals surface area contributed by atoms with E-state index in [-0.39, 0.29) is 13.6 Å². The van der Waals surface area contributed by atoms with E-state index in [9.17, 15) is 0 Å². The molecule has 0 saturated heterocycles. The lowest BCUT2D eigenvalue weighted by molar-refractivity contribution is 0.0484. The van der Waals surface area contributed by atoms with Crippen LogP contribution in [0.5, 0.6) is 11.5 Å². The summed E-state index contributed by atoms with van der Waals surface area (Å²) in [6, 6.07) is 5.12. The number of benzene rings is 1. The van der Waals surface area contributed by atoms with Crippen LogP contribution in [-0.4, -0.2) is 27.8 Å². The molecule has 0 heterocycles. The Kier molecular flexibility index (Phi) is 5.25. The van der Waals surface area contributed by atoms with Gasteiger partial charge in [0.2, 0.25) is 0 Å². The van der Waals surface area contributed by atoms with Crippen LogP contribution in [0.25, 0.3) is 0 Å². The minimum absolute atomic E-state index is 0.165. The molecule has 0 spiro atoms. The summed E-state index contributed by atoms with van der Waals surface area (Å²) in [5.74, 6) is 1.19. The van der Waals surface area contributed by atoms with Crippen molar-refractivity contribution in [2.45, 2.75) is 0 Å². The lowest BCUT2D eigenvalue weighted by atomic mass is 10.3. The van der Waals surface area contributed by atoms with E-state index in [0.29, 0.717) is 16.5 Å². The summed E-state index contributed by atoms with van der Waals surface area (Å²) in [4.78, 5) is 0. The van der Waals surface area contributed by atoms with Crippen molar-refractivity contribution in [3.63, 3.8) is 0 Å². The Morgan fingerprint density at radius 2 is 1.73 bits per heavy atom. The Labute approximate surface area is 93.6 Å². The highest BCUT2D eigenvalue weighted by Gasteiger charge is 2.03. The molecule has 0 radical (unpaired) electrons. The van der Waals surface area contributed by atoms with Crippen molar-refractivity contribution >= 4 is 11.6 Å². The van der Waals surface area contributed by atoms with Crippen molar-refractivity contribution in [1.82, 2.24) is 0 Å². The highest BCUT2D eigenvalue weighted by Crippen LogP contribution is 2.28. The first-order valence-electron chi connectivity index (χ1n) is 4.31. The molecule has 0 amide bonds. The van der Waals surface area contributed by atoms with Gasteiger partial charge in [0.1, 0.15) is 11.5 Å². The van der Waals surface area contributed by atoms with Gasteiger partial charge in [-0.3, -0.25) is 0 Å². The topological polar surface area (TPSA) is 36.9 Å². The van der Waals surface area contributed by atoms with Crippen LogP contribution in [0.2, 0.25) is 5.02 Å². The quantitative estimate of drug-likeness (QED) is 0.706. The lowest BCUT2D eigenvalue weighted by Gasteiger charge is -2.09. The van der Waals surface area contributed by atoms with Crippen LogP contribution in [0.15, 0.2) is 18.2 Å². The van der Waals surface area contributed by atoms with Crippen molar-refractivity contribution in [3.05, 3.63) is 23.2 Å². The van der Waals surface area contributed by atoms with Crippen LogP contribution in [0.1, 0.15) is 0 Å². The second-order valence-corrected chi connectivity index (χ2v) is 3.10. The van der Waals surface area contributed by atoms with E-state index in [0.717, 1.165) is 0 Å². The summed E-state index contributed by atoms with van der Waals surface area (Å²) >= 11 is 5.94. The van der Waals surface area contributed by atoms with Crippen molar-refractivity contribution < 1.29 is 18.9 Å². The van der Waals surface area contributed by atoms with E-state index < -0.39 is 0 Å². The zero-order valence-electron chi connectivity index (χ0n) is 8.66. The van der Waals surface area contributed by atoms with Crippen LogP contribution in [-0.2, 0) is 9.47 Å². The summed E-state index contributed by atoms with van der Waals surface area (Å²) in [5.41, 5.74) is 0. The molecular weight excluding hydrogens is 220 g/mol. The standard InChI is InChI=1S/C10H13ClO4/c1-12-6-14-8-3-4-10(9(11)5-8)15-7-13-2/h3-5H,6-7H2,1-2H3. The molecule has 5 heteroatoms. The number of ether oxygens (including phenoxy) is 4. The highest BCUT2D eigenvalue weighted by molar-refractivity contribution is 6.32. The first-order valence-corrected chi connectivity index (χ1v) is 4.68. The third-order valence-electron chi connectivity index (χ3n) is 1.58. The van der Waals surface area contributed by atoms with E-state index in [1.807, 2.05) is 0 Å². The minimum atomic E-state index is 0.165. The van der Waals surface area contributed by atoms with Gasteiger partial charge in [0.05, 0.1) is 5.02 Å². The summed E-state index contributed by atoms with van der Waals surface area (Å²) in [5, 5.41) is 0.473. The van der Waals surface area contributed by atoms with Gasteiger partial charge in [0.15, 0.2) is 13.6 Å². The van der Waals surface area contributed by atoms with Crippen LogP contribution >= 0.6 is 11.6 Å². The van der Waals surface area contributed by atoms with E-state index in [1.165, 1.54) is 0 Å². The van der Waals surface area contributed by atoms with Crippen molar-refractivity contribution in [3.8, 4) is 11.5 Å². The van der Waals surface area contributed by atoms with Gasteiger partial charge >= 0.3 is 0 Å². The predicted octanol–water partition coefficient (Wildman–Crippen LogP) is 2.31.